The Balaban J connectivity index is 2.92. The molecule has 0 aliphatic heterocycles. The maximum absolute atomic E-state index is 11.8. The number of hydrogen-bond acceptors (Lipinski definition) is 9. The molecule has 0 amide bonds. The Morgan fingerprint density at radius 1 is 1.08 bits per heavy atom. The molecule has 0 fully saturated rings. The normalized spacial score (nSPS) is 11.7. The molecule has 2 rings (SSSR count). The van der Waals surface area contributed by atoms with Gasteiger partial charge in [-0.1, -0.05) is 0 Å². The SMILES string of the molecule is CC(C)n1c(=O)[nH]sc1=Nc1c([N+](=O)[O-])cc([N+](=O)[O-])cc1[N+](=O)[O-]. The molecule has 1 heterocycles. The fourth-order valence-electron chi connectivity index (χ4n) is 1.99. The number of non-ortho nitro benzene ring substituents is 1. The minimum absolute atomic E-state index is 0.0416. The van der Waals surface area contributed by atoms with E-state index in [1.54, 1.807) is 13.8 Å². The molecule has 0 radical (unpaired) electrons. The predicted molar refractivity (Wildman–Crippen MR) is 84.9 cm³/mol. The topological polar surface area (TPSA) is 180 Å². The summed E-state index contributed by atoms with van der Waals surface area (Å²) in [7, 11) is 0. The van der Waals surface area contributed by atoms with Crippen molar-refractivity contribution in [1.29, 1.82) is 0 Å². The van der Waals surface area contributed by atoms with Crippen molar-refractivity contribution < 1.29 is 14.8 Å². The third-order valence-electron chi connectivity index (χ3n) is 3.04. The molecule has 25 heavy (non-hydrogen) atoms. The van der Waals surface area contributed by atoms with E-state index in [2.05, 4.69) is 9.37 Å². The van der Waals surface area contributed by atoms with Crippen molar-refractivity contribution in [3.05, 3.63) is 57.8 Å². The van der Waals surface area contributed by atoms with Crippen LogP contribution in [-0.2, 0) is 0 Å². The van der Waals surface area contributed by atoms with Gasteiger partial charge in [0.25, 0.3) is 5.69 Å². The van der Waals surface area contributed by atoms with E-state index in [4.69, 9.17) is 0 Å². The van der Waals surface area contributed by atoms with Crippen molar-refractivity contribution in [2.24, 2.45) is 4.99 Å². The van der Waals surface area contributed by atoms with Gasteiger partial charge in [0, 0.05) is 6.04 Å². The maximum Gasteiger partial charge on any atom is 0.337 e. The number of hydrogen-bond donors (Lipinski definition) is 1. The fraction of sp³-hybridized carbons (Fsp3) is 0.273. The monoisotopic (exact) mass is 370 g/mol. The van der Waals surface area contributed by atoms with Gasteiger partial charge in [0.1, 0.15) is 0 Å². The molecule has 0 atom stereocenters. The molecule has 132 valence electrons. The molecule has 0 aliphatic rings. The number of nitro benzene ring substituents is 3. The highest BCUT2D eigenvalue weighted by atomic mass is 32.1. The Hall–Kier alpha value is -3.42. The lowest BCUT2D eigenvalue weighted by atomic mass is 10.2. The van der Waals surface area contributed by atoms with Crippen LogP contribution in [0.2, 0.25) is 0 Å². The first-order chi connectivity index (χ1) is 11.6. The Labute approximate surface area is 141 Å². The van der Waals surface area contributed by atoms with Crippen LogP contribution in [0.5, 0.6) is 0 Å². The number of nitro groups is 3. The van der Waals surface area contributed by atoms with E-state index in [0.29, 0.717) is 12.1 Å². The third kappa shape index (κ3) is 3.42. The minimum atomic E-state index is -1.01. The van der Waals surface area contributed by atoms with Crippen LogP contribution in [0.15, 0.2) is 21.9 Å². The molecule has 0 saturated carbocycles. The standard InChI is InChI=1S/C11H10N6O7S/c1-5(2)14-10(18)13-25-11(14)12-9-7(16(21)22)3-6(15(19)20)4-8(9)17(23)24/h3-5H,1-2H3,(H,13,18). The molecule has 2 aromatic rings. The molecule has 1 aromatic carbocycles. The highest BCUT2D eigenvalue weighted by Crippen LogP contribution is 2.40. The second-order valence-electron chi connectivity index (χ2n) is 4.97. The molecule has 0 aliphatic carbocycles. The quantitative estimate of drug-likeness (QED) is 0.614. The van der Waals surface area contributed by atoms with Crippen molar-refractivity contribution in [1.82, 2.24) is 8.94 Å². The van der Waals surface area contributed by atoms with Gasteiger partial charge in [-0.25, -0.2) is 9.79 Å². The number of nitrogens with zero attached hydrogens (tertiary/aromatic N) is 5. The van der Waals surface area contributed by atoms with Crippen molar-refractivity contribution in [2.45, 2.75) is 19.9 Å². The van der Waals surface area contributed by atoms with E-state index in [-0.39, 0.29) is 10.8 Å². The van der Waals surface area contributed by atoms with Gasteiger partial charge in [0.15, 0.2) is 0 Å². The van der Waals surface area contributed by atoms with Gasteiger partial charge in [-0.15, -0.1) is 0 Å². The summed E-state index contributed by atoms with van der Waals surface area (Å²) in [6.45, 7) is 3.30. The van der Waals surface area contributed by atoms with Gasteiger partial charge in [-0.05, 0) is 25.4 Å². The van der Waals surface area contributed by atoms with E-state index in [9.17, 15) is 35.1 Å². The molecule has 0 bridgehead atoms. The molecule has 13 nitrogen and oxygen atoms in total. The maximum atomic E-state index is 11.8. The summed E-state index contributed by atoms with van der Waals surface area (Å²) in [4.78, 5) is 45.9. The van der Waals surface area contributed by atoms with Crippen LogP contribution in [0, 0.1) is 30.3 Å². The largest absolute Gasteiger partial charge is 0.337 e. The number of benzene rings is 1. The van der Waals surface area contributed by atoms with Crippen LogP contribution >= 0.6 is 11.5 Å². The van der Waals surface area contributed by atoms with Crippen LogP contribution in [0.1, 0.15) is 19.9 Å². The Morgan fingerprint density at radius 3 is 2.00 bits per heavy atom. The average molecular weight is 370 g/mol. The summed E-state index contributed by atoms with van der Waals surface area (Å²) in [5.41, 5.74) is -3.83. The van der Waals surface area contributed by atoms with E-state index >= 15 is 0 Å². The van der Waals surface area contributed by atoms with Gasteiger partial charge >= 0.3 is 17.1 Å². The second-order valence-corrected chi connectivity index (χ2v) is 5.74. The van der Waals surface area contributed by atoms with Crippen LogP contribution in [-0.4, -0.2) is 23.7 Å². The summed E-state index contributed by atoms with van der Waals surface area (Å²) < 4.78 is 3.53. The number of nitrogens with one attached hydrogen (secondary N) is 1. The predicted octanol–water partition coefficient (Wildman–Crippen LogP) is 1.78. The van der Waals surface area contributed by atoms with Gasteiger partial charge in [-0.3, -0.25) is 39.3 Å². The average Bonchev–Trinajstić information content (AvgIpc) is 2.87. The van der Waals surface area contributed by atoms with Crippen molar-refractivity contribution in [2.75, 3.05) is 0 Å². The molecule has 1 N–H and O–H groups in total. The summed E-state index contributed by atoms with van der Waals surface area (Å²) in [6, 6.07) is 0.798. The first-order valence-electron chi connectivity index (χ1n) is 6.59. The minimum Gasteiger partial charge on any atom is -0.265 e. The van der Waals surface area contributed by atoms with Crippen molar-refractivity contribution >= 4 is 34.3 Å². The van der Waals surface area contributed by atoms with Gasteiger partial charge in [-0.2, -0.15) is 0 Å². The number of H-pyrrole nitrogens is 1. The summed E-state index contributed by atoms with van der Waals surface area (Å²) in [6.07, 6.45) is 0. The molecule has 1 aromatic heterocycles. The summed E-state index contributed by atoms with van der Waals surface area (Å²) in [5.74, 6) is 0. The van der Waals surface area contributed by atoms with Crippen LogP contribution in [0.4, 0.5) is 22.7 Å². The lowest BCUT2D eigenvalue weighted by Crippen LogP contribution is -2.28. The molecule has 14 heteroatoms. The number of aromatic nitrogens is 2. The first-order valence-corrected chi connectivity index (χ1v) is 7.41. The zero-order chi connectivity index (χ0) is 18.9. The lowest BCUT2D eigenvalue weighted by Gasteiger charge is -2.04. The summed E-state index contributed by atoms with van der Waals surface area (Å²) >= 11 is 0.730. The second kappa shape index (κ2) is 6.60. The lowest BCUT2D eigenvalue weighted by molar-refractivity contribution is -0.402. The van der Waals surface area contributed by atoms with Crippen molar-refractivity contribution in [3.8, 4) is 0 Å². The first kappa shape index (κ1) is 17.9. The molecule has 0 unspecified atom stereocenters. The van der Waals surface area contributed by atoms with Gasteiger partial charge in [0.2, 0.25) is 10.5 Å². The van der Waals surface area contributed by atoms with Gasteiger partial charge < -0.3 is 0 Å². The molecule has 0 saturated heterocycles. The van der Waals surface area contributed by atoms with Crippen molar-refractivity contribution in [3.63, 3.8) is 0 Å². The highest BCUT2D eigenvalue weighted by Gasteiger charge is 2.30. The zero-order valence-corrected chi connectivity index (χ0v) is 13.6. The van der Waals surface area contributed by atoms with E-state index in [1.165, 1.54) is 0 Å². The van der Waals surface area contributed by atoms with E-state index < -0.39 is 43.2 Å². The molecular weight excluding hydrogens is 360 g/mol. The Kier molecular flexibility index (Phi) is 4.73. The highest BCUT2D eigenvalue weighted by molar-refractivity contribution is 7.02. The molecular formula is C11H10N6O7S. The Bertz CT molecular complexity index is 966. The van der Waals surface area contributed by atoms with E-state index in [0.717, 1.165) is 16.1 Å². The van der Waals surface area contributed by atoms with Gasteiger partial charge in [0.05, 0.1) is 26.9 Å². The number of rotatable bonds is 5. The van der Waals surface area contributed by atoms with Crippen LogP contribution in [0.25, 0.3) is 0 Å². The zero-order valence-electron chi connectivity index (χ0n) is 12.7. The van der Waals surface area contributed by atoms with Crippen LogP contribution in [0.3, 0.4) is 0 Å². The Morgan fingerprint density at radius 2 is 1.60 bits per heavy atom. The summed E-state index contributed by atoms with van der Waals surface area (Å²) in [5, 5.41) is 33.3. The number of aromatic amines is 1. The van der Waals surface area contributed by atoms with Crippen LogP contribution < -0.4 is 10.5 Å². The smallest absolute Gasteiger partial charge is 0.265 e. The fourth-order valence-corrected chi connectivity index (χ4v) is 2.80. The third-order valence-corrected chi connectivity index (χ3v) is 3.78. The van der Waals surface area contributed by atoms with E-state index in [1.807, 2.05) is 0 Å². The molecule has 0 spiro atoms.